The van der Waals surface area contributed by atoms with Crippen LogP contribution in [-0.2, 0) is 4.79 Å². The lowest BCUT2D eigenvalue weighted by Gasteiger charge is -2.22. The summed E-state index contributed by atoms with van der Waals surface area (Å²) in [4.78, 5) is 10.9. The summed E-state index contributed by atoms with van der Waals surface area (Å²) in [5.41, 5.74) is 1.19. The third-order valence-corrected chi connectivity index (χ3v) is 2.19. The average Bonchev–Trinajstić information content (AvgIpc) is 2.24. The van der Waals surface area contributed by atoms with Crippen molar-refractivity contribution in [3.63, 3.8) is 0 Å². The minimum atomic E-state index is -0.109. The fourth-order valence-electron chi connectivity index (χ4n) is 1.14. The van der Waals surface area contributed by atoms with Gasteiger partial charge >= 0.3 is 0 Å². The molecule has 0 aliphatic heterocycles. The molecule has 0 unspecified atom stereocenters. The van der Waals surface area contributed by atoms with E-state index in [0.29, 0.717) is 6.54 Å². The van der Waals surface area contributed by atoms with E-state index in [2.05, 4.69) is 51.4 Å². The molecule has 106 valence electrons. The summed E-state index contributed by atoms with van der Waals surface area (Å²) >= 11 is 0. The number of nitrogens with one attached hydrogen (secondary N) is 2. The van der Waals surface area contributed by atoms with E-state index in [0.717, 1.165) is 24.0 Å². The molecule has 0 aromatic heterocycles. The number of amides is 1. The third kappa shape index (κ3) is 13.1. The number of rotatable bonds is 8. The average molecular weight is 277 g/mol. The highest BCUT2D eigenvalue weighted by Crippen LogP contribution is 1.94. The first-order chi connectivity index (χ1) is 7.85. The molecule has 0 radical (unpaired) electrons. The van der Waals surface area contributed by atoms with Crippen LogP contribution in [0.2, 0.25) is 0 Å². The highest BCUT2D eigenvalue weighted by Gasteiger charge is 2.03. The monoisotopic (exact) mass is 276 g/mol. The molecular formula is C13H27ClN3O+. The molecule has 0 bridgehead atoms. The summed E-state index contributed by atoms with van der Waals surface area (Å²) in [6, 6.07) is 0. The molecule has 1 amide bonds. The number of quaternary nitrogens is 1. The van der Waals surface area contributed by atoms with Crippen molar-refractivity contribution in [2.24, 2.45) is 0 Å². The van der Waals surface area contributed by atoms with E-state index < -0.39 is 0 Å². The highest BCUT2D eigenvalue weighted by atomic mass is 35.5. The number of allylic oxidation sites excluding steroid dienone is 1. The molecule has 0 aliphatic carbocycles. The Balaban J connectivity index is 0. The number of hydrogen-bond donors (Lipinski definition) is 2. The first-order valence-corrected chi connectivity index (χ1v) is 5.96. The van der Waals surface area contributed by atoms with Crippen molar-refractivity contribution < 1.29 is 9.28 Å². The van der Waals surface area contributed by atoms with Gasteiger partial charge in [-0.3, -0.25) is 4.79 Å². The van der Waals surface area contributed by atoms with Crippen molar-refractivity contribution >= 4 is 18.3 Å². The maximum atomic E-state index is 10.9. The third-order valence-electron chi connectivity index (χ3n) is 2.19. The van der Waals surface area contributed by atoms with Crippen molar-refractivity contribution in [3.05, 3.63) is 24.4 Å². The quantitative estimate of drug-likeness (QED) is 0.399. The van der Waals surface area contributed by atoms with Gasteiger partial charge in [-0.15, -0.1) is 12.4 Å². The molecule has 0 aliphatic rings. The van der Waals surface area contributed by atoms with E-state index in [1.807, 2.05) is 0 Å². The molecule has 0 rings (SSSR count). The predicted molar refractivity (Wildman–Crippen MR) is 79.7 cm³/mol. The topological polar surface area (TPSA) is 41.1 Å². The van der Waals surface area contributed by atoms with Gasteiger partial charge in [0.2, 0.25) is 5.91 Å². The van der Waals surface area contributed by atoms with Crippen LogP contribution in [0.15, 0.2) is 24.4 Å². The molecule has 0 spiro atoms. The summed E-state index contributed by atoms with van der Waals surface area (Å²) in [7, 11) is 6.48. The molecule has 5 heteroatoms. The molecule has 0 atom stereocenters. The smallest absolute Gasteiger partial charge is 0.243 e. The zero-order chi connectivity index (χ0) is 13.3. The van der Waals surface area contributed by atoms with Gasteiger partial charge in [0, 0.05) is 18.8 Å². The second-order valence-corrected chi connectivity index (χ2v) is 5.14. The predicted octanol–water partition coefficient (Wildman–Crippen LogP) is 1.30. The molecule has 0 saturated heterocycles. The largest absolute Gasteiger partial charge is 0.389 e. The second-order valence-electron chi connectivity index (χ2n) is 5.14. The molecule has 2 N–H and O–H groups in total. The number of halogens is 1. The molecule has 0 aromatic rings. The van der Waals surface area contributed by atoms with Gasteiger partial charge in [-0.05, 0) is 25.5 Å². The van der Waals surface area contributed by atoms with Crippen LogP contribution in [0.1, 0.15) is 13.3 Å². The van der Waals surface area contributed by atoms with Crippen molar-refractivity contribution in [2.45, 2.75) is 13.3 Å². The summed E-state index contributed by atoms with van der Waals surface area (Å²) in [6.07, 6.45) is 4.40. The van der Waals surface area contributed by atoms with Gasteiger partial charge in [0.25, 0.3) is 0 Å². The highest BCUT2D eigenvalue weighted by molar-refractivity contribution is 5.86. The van der Waals surface area contributed by atoms with E-state index in [1.165, 1.54) is 11.8 Å². The van der Waals surface area contributed by atoms with Gasteiger partial charge < -0.3 is 15.1 Å². The lowest BCUT2D eigenvalue weighted by Crippen LogP contribution is -2.34. The van der Waals surface area contributed by atoms with Crippen molar-refractivity contribution in [2.75, 3.05) is 40.8 Å². The van der Waals surface area contributed by atoms with Crippen LogP contribution in [0.3, 0.4) is 0 Å². The fourth-order valence-corrected chi connectivity index (χ4v) is 1.14. The first-order valence-electron chi connectivity index (χ1n) is 5.96. The lowest BCUT2D eigenvalue weighted by molar-refractivity contribution is -0.864. The molecule has 0 heterocycles. The van der Waals surface area contributed by atoms with Crippen molar-refractivity contribution in [3.8, 4) is 0 Å². The Morgan fingerprint density at radius 2 is 1.78 bits per heavy atom. The Hall–Kier alpha value is -1.00. The Labute approximate surface area is 117 Å². The Bertz CT molecular complexity index is 282. The zero-order valence-corrected chi connectivity index (χ0v) is 12.8. The summed E-state index contributed by atoms with van der Waals surface area (Å²) in [6.45, 7) is 8.02. The number of carbonyl (C=O) groups excluding carboxylic acids is 1. The van der Waals surface area contributed by atoms with E-state index in [1.54, 1.807) is 0 Å². The SMILES string of the molecule is C=CC(=O)NCCCNC(C)=CC[N+](C)(C)C.Cl. The molecular weight excluding hydrogens is 250 g/mol. The van der Waals surface area contributed by atoms with Gasteiger partial charge in [0.05, 0.1) is 27.7 Å². The van der Waals surface area contributed by atoms with Crippen LogP contribution in [0.25, 0.3) is 0 Å². The maximum absolute atomic E-state index is 10.9. The molecule has 0 fully saturated rings. The van der Waals surface area contributed by atoms with Crippen LogP contribution in [0, 0.1) is 0 Å². The number of hydrogen-bond acceptors (Lipinski definition) is 2. The van der Waals surface area contributed by atoms with Crippen molar-refractivity contribution in [1.82, 2.24) is 10.6 Å². The van der Waals surface area contributed by atoms with Crippen LogP contribution in [0.5, 0.6) is 0 Å². The molecule has 18 heavy (non-hydrogen) atoms. The zero-order valence-electron chi connectivity index (χ0n) is 12.0. The fraction of sp³-hybridized carbons (Fsp3) is 0.615. The summed E-state index contributed by atoms with van der Waals surface area (Å²) in [5.74, 6) is -0.109. The van der Waals surface area contributed by atoms with E-state index in [9.17, 15) is 4.79 Å². The molecule has 0 saturated carbocycles. The van der Waals surface area contributed by atoms with Crippen LogP contribution >= 0.6 is 12.4 Å². The van der Waals surface area contributed by atoms with E-state index >= 15 is 0 Å². The Morgan fingerprint density at radius 3 is 2.28 bits per heavy atom. The number of carbonyl (C=O) groups is 1. The Kier molecular flexibility index (Phi) is 10.7. The maximum Gasteiger partial charge on any atom is 0.243 e. The normalized spacial score (nSPS) is 11.4. The van der Waals surface area contributed by atoms with Crippen LogP contribution in [0.4, 0.5) is 0 Å². The van der Waals surface area contributed by atoms with E-state index in [-0.39, 0.29) is 18.3 Å². The Morgan fingerprint density at radius 1 is 1.22 bits per heavy atom. The summed E-state index contributed by atoms with van der Waals surface area (Å²) in [5, 5.41) is 6.06. The summed E-state index contributed by atoms with van der Waals surface area (Å²) < 4.78 is 0.925. The van der Waals surface area contributed by atoms with Gasteiger partial charge in [-0.2, -0.15) is 0 Å². The minimum Gasteiger partial charge on any atom is -0.389 e. The van der Waals surface area contributed by atoms with Gasteiger partial charge in [0.15, 0.2) is 0 Å². The number of likely N-dealkylation sites (N-methyl/N-ethyl adjacent to an activating group) is 1. The second kappa shape index (κ2) is 9.97. The van der Waals surface area contributed by atoms with Gasteiger partial charge in [-0.25, -0.2) is 0 Å². The molecule has 0 aromatic carbocycles. The first kappa shape index (κ1) is 19.3. The van der Waals surface area contributed by atoms with Crippen LogP contribution < -0.4 is 10.6 Å². The van der Waals surface area contributed by atoms with Crippen LogP contribution in [-0.4, -0.2) is 51.2 Å². The molecule has 4 nitrogen and oxygen atoms in total. The lowest BCUT2D eigenvalue weighted by atomic mass is 10.3. The van der Waals surface area contributed by atoms with Crippen molar-refractivity contribution in [1.29, 1.82) is 0 Å². The van der Waals surface area contributed by atoms with Gasteiger partial charge in [0.1, 0.15) is 0 Å². The standard InChI is InChI=1S/C13H25N3O.ClH/c1-6-13(17)15-10-7-9-14-12(2)8-11-16(3,4)5;/h6,8,14H,1,7,9-11H2,2-5H3;1H/p+1. The number of nitrogens with zero attached hydrogens (tertiary/aromatic N) is 1. The minimum absolute atomic E-state index is 0. The van der Waals surface area contributed by atoms with E-state index in [4.69, 9.17) is 0 Å². The van der Waals surface area contributed by atoms with Gasteiger partial charge in [-0.1, -0.05) is 6.58 Å².